The molecule has 0 bridgehead atoms. The van der Waals surface area contributed by atoms with Gasteiger partial charge in [-0.1, -0.05) is 34.1 Å². The van der Waals surface area contributed by atoms with Crippen molar-refractivity contribution < 1.29 is 15.0 Å². The number of carbonyl (C=O) groups is 1. The number of hydrogen-bond donors (Lipinski definition) is 2. The number of allylic oxidation sites excluding steroid dienone is 1. The van der Waals surface area contributed by atoms with E-state index in [-0.39, 0.29) is 11.3 Å². The first-order valence-electron chi connectivity index (χ1n) is 3.94. The van der Waals surface area contributed by atoms with Crippen molar-refractivity contribution in [2.24, 2.45) is 0 Å². The molecule has 1 rings (SSSR count). The summed E-state index contributed by atoms with van der Waals surface area (Å²) in [7, 11) is 0. The normalized spacial score (nSPS) is 10.6. The van der Waals surface area contributed by atoms with Crippen molar-refractivity contribution in [1.29, 1.82) is 0 Å². The van der Waals surface area contributed by atoms with Crippen LogP contribution in [0.1, 0.15) is 15.9 Å². The smallest absolute Gasteiger partial charge is 0.339 e. The van der Waals surface area contributed by atoms with Crippen LogP contribution in [0.5, 0.6) is 5.75 Å². The largest absolute Gasteiger partial charge is 0.507 e. The fraction of sp³-hybridized carbons (Fsp3) is 0.100. The summed E-state index contributed by atoms with van der Waals surface area (Å²) in [6.45, 7) is 0. The van der Waals surface area contributed by atoms with Gasteiger partial charge in [0, 0.05) is 5.33 Å². The number of alkyl halides is 1. The number of carboxylic acid groups (broad SMARTS) is 1. The molecule has 0 atom stereocenters. The lowest BCUT2D eigenvalue weighted by Crippen LogP contribution is -1.96. The Bertz CT molecular complexity index is 372. The van der Waals surface area contributed by atoms with Crippen LogP contribution in [-0.2, 0) is 0 Å². The molecule has 1 aromatic carbocycles. The number of carboxylic acids is 1. The quantitative estimate of drug-likeness (QED) is 0.818. The zero-order valence-corrected chi connectivity index (χ0v) is 8.86. The average molecular weight is 257 g/mol. The third kappa shape index (κ3) is 2.60. The summed E-state index contributed by atoms with van der Waals surface area (Å²) in [5.74, 6) is -1.34. The Morgan fingerprint density at radius 2 is 2.21 bits per heavy atom. The van der Waals surface area contributed by atoms with Crippen LogP contribution in [0.4, 0.5) is 0 Å². The van der Waals surface area contributed by atoms with Crippen LogP contribution >= 0.6 is 15.9 Å². The number of hydrogen-bond acceptors (Lipinski definition) is 2. The summed E-state index contributed by atoms with van der Waals surface area (Å²) in [4.78, 5) is 10.7. The maximum Gasteiger partial charge on any atom is 0.339 e. The van der Waals surface area contributed by atoms with Gasteiger partial charge in [0.05, 0.1) is 0 Å². The second kappa shape index (κ2) is 4.81. The minimum Gasteiger partial charge on any atom is -0.507 e. The van der Waals surface area contributed by atoms with E-state index in [4.69, 9.17) is 5.11 Å². The number of aromatic carboxylic acids is 1. The molecule has 0 radical (unpaired) electrons. The van der Waals surface area contributed by atoms with Gasteiger partial charge in [-0.15, -0.1) is 0 Å². The van der Waals surface area contributed by atoms with Crippen molar-refractivity contribution in [3.8, 4) is 5.75 Å². The van der Waals surface area contributed by atoms with E-state index in [2.05, 4.69) is 15.9 Å². The average Bonchev–Trinajstić information content (AvgIpc) is 2.16. The van der Waals surface area contributed by atoms with Gasteiger partial charge in [-0.3, -0.25) is 0 Å². The van der Waals surface area contributed by atoms with E-state index in [1.165, 1.54) is 12.1 Å². The lowest BCUT2D eigenvalue weighted by Gasteiger charge is -2.00. The summed E-state index contributed by atoms with van der Waals surface area (Å²) >= 11 is 3.22. The van der Waals surface area contributed by atoms with Gasteiger partial charge in [-0.05, 0) is 17.7 Å². The molecule has 0 amide bonds. The van der Waals surface area contributed by atoms with E-state index < -0.39 is 5.97 Å². The molecule has 0 heterocycles. The molecule has 0 unspecified atom stereocenters. The first-order chi connectivity index (χ1) is 6.65. The predicted octanol–water partition coefficient (Wildman–Crippen LogP) is 2.50. The van der Waals surface area contributed by atoms with Gasteiger partial charge in [-0.2, -0.15) is 0 Å². The minimum atomic E-state index is -1.13. The second-order valence-corrected chi connectivity index (χ2v) is 3.29. The Labute approximate surface area is 89.8 Å². The van der Waals surface area contributed by atoms with Crippen LogP contribution in [0.3, 0.4) is 0 Å². The summed E-state index contributed by atoms with van der Waals surface area (Å²) in [6.07, 6.45) is 3.62. The van der Waals surface area contributed by atoms with E-state index in [0.29, 0.717) is 5.33 Å². The SMILES string of the molecule is O=C(O)c1cc(C=CCBr)ccc1O. The first-order valence-corrected chi connectivity index (χ1v) is 5.06. The van der Waals surface area contributed by atoms with Crippen LogP contribution in [0.2, 0.25) is 0 Å². The second-order valence-electron chi connectivity index (χ2n) is 2.64. The Morgan fingerprint density at radius 1 is 1.50 bits per heavy atom. The summed E-state index contributed by atoms with van der Waals surface area (Å²) in [5.41, 5.74) is 0.668. The number of rotatable bonds is 3. The van der Waals surface area contributed by atoms with Gasteiger partial charge in [0.1, 0.15) is 11.3 Å². The maximum atomic E-state index is 10.7. The number of phenols is 1. The lowest BCUT2D eigenvalue weighted by molar-refractivity contribution is 0.0693. The Kier molecular flexibility index (Phi) is 3.71. The van der Waals surface area contributed by atoms with Crippen LogP contribution in [-0.4, -0.2) is 21.5 Å². The molecule has 0 saturated carbocycles. The maximum absolute atomic E-state index is 10.7. The highest BCUT2D eigenvalue weighted by Gasteiger charge is 2.08. The Hall–Kier alpha value is -1.29. The molecule has 1 aromatic rings. The van der Waals surface area contributed by atoms with Gasteiger partial charge in [0.2, 0.25) is 0 Å². The molecule has 2 N–H and O–H groups in total. The van der Waals surface area contributed by atoms with Crippen LogP contribution in [0.15, 0.2) is 24.3 Å². The molecule has 3 nitrogen and oxygen atoms in total. The van der Waals surface area contributed by atoms with Gasteiger partial charge in [0.25, 0.3) is 0 Å². The van der Waals surface area contributed by atoms with E-state index in [1.54, 1.807) is 12.1 Å². The van der Waals surface area contributed by atoms with Crippen LogP contribution in [0, 0.1) is 0 Å². The highest BCUT2D eigenvalue weighted by atomic mass is 79.9. The van der Waals surface area contributed by atoms with Crippen molar-refractivity contribution in [3.05, 3.63) is 35.4 Å². The Balaban J connectivity index is 3.06. The molecular weight excluding hydrogens is 248 g/mol. The number of halogens is 1. The van der Waals surface area contributed by atoms with E-state index >= 15 is 0 Å². The van der Waals surface area contributed by atoms with E-state index in [0.717, 1.165) is 5.56 Å². The highest BCUT2D eigenvalue weighted by molar-refractivity contribution is 9.09. The molecule has 0 fully saturated rings. The molecule has 0 aliphatic heterocycles. The summed E-state index contributed by atoms with van der Waals surface area (Å²) < 4.78 is 0. The number of benzene rings is 1. The van der Waals surface area contributed by atoms with Crippen molar-refractivity contribution >= 4 is 28.0 Å². The molecule has 0 spiro atoms. The van der Waals surface area contributed by atoms with Crippen molar-refractivity contribution in [2.45, 2.75) is 0 Å². The van der Waals surface area contributed by atoms with Gasteiger partial charge < -0.3 is 10.2 Å². The zero-order chi connectivity index (χ0) is 10.6. The topological polar surface area (TPSA) is 57.5 Å². The predicted molar refractivity (Wildman–Crippen MR) is 57.9 cm³/mol. The molecule has 0 aromatic heterocycles. The van der Waals surface area contributed by atoms with Gasteiger partial charge >= 0.3 is 5.97 Å². The van der Waals surface area contributed by atoms with Crippen molar-refractivity contribution in [2.75, 3.05) is 5.33 Å². The molecule has 14 heavy (non-hydrogen) atoms. The van der Waals surface area contributed by atoms with E-state index in [9.17, 15) is 9.90 Å². The van der Waals surface area contributed by atoms with Crippen molar-refractivity contribution in [1.82, 2.24) is 0 Å². The molecule has 4 heteroatoms. The lowest BCUT2D eigenvalue weighted by atomic mass is 10.1. The van der Waals surface area contributed by atoms with Gasteiger partial charge in [0.15, 0.2) is 0 Å². The fourth-order valence-corrected chi connectivity index (χ4v) is 1.20. The highest BCUT2D eigenvalue weighted by Crippen LogP contribution is 2.19. The Morgan fingerprint density at radius 3 is 2.79 bits per heavy atom. The molecule has 74 valence electrons. The van der Waals surface area contributed by atoms with E-state index in [1.807, 2.05) is 6.08 Å². The minimum absolute atomic E-state index is 0.0817. The summed E-state index contributed by atoms with van der Waals surface area (Å²) in [5, 5.41) is 18.6. The van der Waals surface area contributed by atoms with Crippen LogP contribution < -0.4 is 0 Å². The van der Waals surface area contributed by atoms with Gasteiger partial charge in [-0.25, -0.2) is 4.79 Å². The molecule has 0 saturated heterocycles. The third-order valence-corrected chi connectivity index (χ3v) is 2.02. The molecule has 0 aliphatic rings. The standard InChI is InChI=1S/C10H9BrO3/c11-5-1-2-7-3-4-9(12)8(6-7)10(13)14/h1-4,6,12H,5H2,(H,13,14). The molecular formula is C10H9BrO3. The zero-order valence-electron chi connectivity index (χ0n) is 7.27. The number of aromatic hydroxyl groups is 1. The monoisotopic (exact) mass is 256 g/mol. The first kappa shape index (κ1) is 10.8. The summed E-state index contributed by atoms with van der Waals surface area (Å²) in [6, 6.07) is 4.45. The van der Waals surface area contributed by atoms with Crippen LogP contribution in [0.25, 0.3) is 6.08 Å². The fourth-order valence-electron chi connectivity index (χ4n) is 1.01. The third-order valence-electron chi connectivity index (χ3n) is 1.65. The molecule has 0 aliphatic carbocycles. The van der Waals surface area contributed by atoms with Crippen molar-refractivity contribution in [3.63, 3.8) is 0 Å².